The third-order valence-electron chi connectivity index (χ3n) is 3.76. The number of nitrogens with one attached hydrogen (secondary N) is 1. The molecule has 0 unspecified atom stereocenters. The minimum atomic E-state index is 0.155. The topological polar surface area (TPSA) is 79.4 Å². The highest BCUT2D eigenvalue weighted by Gasteiger charge is 2.01. The van der Waals surface area contributed by atoms with Crippen molar-refractivity contribution in [3.05, 3.63) is 72.3 Å². The lowest BCUT2D eigenvalue weighted by Crippen LogP contribution is -2.08. The van der Waals surface area contributed by atoms with Gasteiger partial charge in [-0.2, -0.15) is 4.99 Å². The molecule has 5 heteroatoms. The number of fused-ring (bicyclic) bond motifs is 2. The van der Waals surface area contributed by atoms with Gasteiger partial charge in [0.25, 0.3) is 0 Å². The van der Waals surface area contributed by atoms with Gasteiger partial charge in [-0.25, -0.2) is 9.98 Å². The zero-order chi connectivity index (χ0) is 16.4. The van der Waals surface area contributed by atoms with Crippen LogP contribution in [-0.4, -0.2) is 22.1 Å². The molecule has 4 aromatic rings. The Morgan fingerprint density at radius 2 is 1.75 bits per heavy atom. The number of imidazole rings is 1. The van der Waals surface area contributed by atoms with E-state index in [1.807, 2.05) is 48.5 Å². The average Bonchev–Trinajstić information content (AvgIpc) is 3.02. The molecule has 1 aromatic heterocycles. The Bertz CT molecular complexity index is 1040. The number of aromatic amines is 1. The van der Waals surface area contributed by atoms with Crippen molar-refractivity contribution in [1.82, 2.24) is 9.97 Å². The summed E-state index contributed by atoms with van der Waals surface area (Å²) >= 11 is 0. The van der Waals surface area contributed by atoms with Crippen molar-refractivity contribution in [2.24, 2.45) is 15.7 Å². The van der Waals surface area contributed by atoms with Gasteiger partial charge in [-0.05, 0) is 22.9 Å². The molecule has 116 valence electrons. The van der Waals surface area contributed by atoms with Crippen LogP contribution in [0.5, 0.6) is 0 Å². The summed E-state index contributed by atoms with van der Waals surface area (Å²) in [5.41, 5.74) is 8.68. The first-order valence-corrected chi connectivity index (χ1v) is 7.60. The van der Waals surface area contributed by atoms with E-state index in [9.17, 15) is 0 Å². The average molecular weight is 313 g/mol. The van der Waals surface area contributed by atoms with Crippen molar-refractivity contribution in [2.75, 3.05) is 0 Å². The molecule has 24 heavy (non-hydrogen) atoms. The van der Waals surface area contributed by atoms with Crippen LogP contribution in [0.15, 0.2) is 76.7 Å². The number of guanidine groups is 1. The van der Waals surface area contributed by atoms with Crippen LogP contribution in [-0.2, 0) is 0 Å². The Labute approximate surface area is 138 Å². The molecule has 0 spiro atoms. The number of aliphatic imine (C=N–C) groups is 2. The number of hydrogen-bond donors (Lipinski definition) is 2. The Morgan fingerprint density at radius 3 is 2.67 bits per heavy atom. The fourth-order valence-electron chi connectivity index (χ4n) is 2.63. The standard InChI is InChI=1S/C19H15N5/c20-18(24-19-22-16-10-3-4-11-17(16)23-19)21-12-14-8-5-7-13-6-1-2-9-15(13)14/h1-12H,(H3,20,22,23,24)/b21-12+. The summed E-state index contributed by atoms with van der Waals surface area (Å²) in [5, 5.41) is 2.29. The minimum Gasteiger partial charge on any atom is -0.368 e. The normalized spacial score (nSPS) is 12.4. The maximum absolute atomic E-state index is 5.91. The predicted molar refractivity (Wildman–Crippen MR) is 98.9 cm³/mol. The summed E-state index contributed by atoms with van der Waals surface area (Å²) in [6.07, 6.45) is 1.73. The van der Waals surface area contributed by atoms with Crippen LogP contribution < -0.4 is 5.73 Å². The number of nitrogens with zero attached hydrogens (tertiary/aromatic N) is 3. The summed E-state index contributed by atoms with van der Waals surface area (Å²) in [4.78, 5) is 15.9. The number of benzene rings is 3. The van der Waals surface area contributed by atoms with Crippen LogP contribution in [0.25, 0.3) is 21.8 Å². The number of nitrogens with two attached hydrogens (primary N) is 1. The summed E-state index contributed by atoms with van der Waals surface area (Å²) in [6.45, 7) is 0. The molecule has 0 radical (unpaired) electrons. The third kappa shape index (κ3) is 2.75. The molecule has 5 nitrogen and oxygen atoms in total. The molecule has 0 bridgehead atoms. The SMILES string of the molecule is NC(/N=C/c1cccc2ccccc12)=N\c1nc2ccccc2[nH]1. The lowest BCUT2D eigenvalue weighted by Gasteiger charge is -2.00. The van der Waals surface area contributed by atoms with Gasteiger partial charge in [-0.15, -0.1) is 0 Å². The van der Waals surface area contributed by atoms with Crippen molar-refractivity contribution < 1.29 is 0 Å². The molecule has 1 heterocycles. The largest absolute Gasteiger partial charge is 0.368 e. The highest BCUT2D eigenvalue weighted by Crippen LogP contribution is 2.17. The van der Waals surface area contributed by atoms with E-state index in [1.165, 1.54) is 0 Å². The highest BCUT2D eigenvalue weighted by molar-refractivity contribution is 6.03. The van der Waals surface area contributed by atoms with Crippen molar-refractivity contribution in [3.8, 4) is 0 Å². The second-order valence-corrected chi connectivity index (χ2v) is 5.37. The van der Waals surface area contributed by atoms with Crippen LogP contribution in [0.3, 0.4) is 0 Å². The molecule has 0 saturated carbocycles. The molecular formula is C19H15N5. The van der Waals surface area contributed by atoms with Gasteiger partial charge in [-0.1, -0.05) is 54.6 Å². The molecule has 0 amide bonds. The second kappa shape index (κ2) is 5.96. The monoisotopic (exact) mass is 313 g/mol. The first-order chi connectivity index (χ1) is 11.8. The van der Waals surface area contributed by atoms with Gasteiger partial charge in [0.15, 0.2) is 0 Å². The second-order valence-electron chi connectivity index (χ2n) is 5.37. The summed E-state index contributed by atoms with van der Waals surface area (Å²) in [5.74, 6) is 0.603. The van der Waals surface area contributed by atoms with Crippen LogP contribution in [0.4, 0.5) is 5.95 Å². The van der Waals surface area contributed by atoms with Gasteiger partial charge in [0.1, 0.15) is 0 Å². The van der Waals surface area contributed by atoms with Gasteiger partial charge in [0.05, 0.1) is 11.0 Å². The van der Waals surface area contributed by atoms with Crippen LogP contribution in [0.1, 0.15) is 5.56 Å². The Morgan fingerprint density at radius 1 is 0.958 bits per heavy atom. The predicted octanol–water partition coefficient (Wildman–Crippen LogP) is 3.78. The van der Waals surface area contributed by atoms with Crippen LogP contribution in [0, 0.1) is 0 Å². The molecule has 0 atom stereocenters. The van der Waals surface area contributed by atoms with Gasteiger partial charge in [-0.3, -0.25) is 0 Å². The Balaban J connectivity index is 1.64. The van der Waals surface area contributed by atoms with E-state index < -0.39 is 0 Å². The van der Waals surface area contributed by atoms with Crippen LogP contribution in [0.2, 0.25) is 0 Å². The number of H-pyrrole nitrogens is 1. The van der Waals surface area contributed by atoms with Crippen molar-refractivity contribution >= 4 is 39.9 Å². The highest BCUT2D eigenvalue weighted by atomic mass is 15.1. The maximum Gasteiger partial charge on any atom is 0.231 e. The van der Waals surface area contributed by atoms with E-state index >= 15 is 0 Å². The number of rotatable bonds is 2. The smallest absolute Gasteiger partial charge is 0.231 e. The molecule has 0 saturated heterocycles. The molecule has 0 aliphatic carbocycles. The fourth-order valence-corrected chi connectivity index (χ4v) is 2.63. The molecule has 0 aliphatic heterocycles. The van der Waals surface area contributed by atoms with E-state index in [4.69, 9.17) is 5.73 Å². The first kappa shape index (κ1) is 14.1. The molecule has 4 rings (SSSR count). The lowest BCUT2D eigenvalue weighted by atomic mass is 10.1. The van der Waals surface area contributed by atoms with Gasteiger partial charge in [0.2, 0.25) is 11.9 Å². The fraction of sp³-hybridized carbons (Fsp3) is 0. The minimum absolute atomic E-state index is 0.155. The Hall–Kier alpha value is -3.47. The van der Waals surface area contributed by atoms with E-state index in [2.05, 4.69) is 38.2 Å². The summed E-state index contributed by atoms with van der Waals surface area (Å²) in [6, 6.07) is 21.9. The van der Waals surface area contributed by atoms with Gasteiger partial charge in [0, 0.05) is 11.8 Å². The van der Waals surface area contributed by atoms with Crippen LogP contribution >= 0.6 is 0 Å². The molecule has 0 fully saturated rings. The maximum atomic E-state index is 5.91. The van der Waals surface area contributed by atoms with Crippen molar-refractivity contribution in [2.45, 2.75) is 0 Å². The summed E-state index contributed by atoms with van der Waals surface area (Å²) < 4.78 is 0. The van der Waals surface area contributed by atoms with E-state index in [0.717, 1.165) is 27.4 Å². The van der Waals surface area contributed by atoms with Gasteiger partial charge >= 0.3 is 0 Å². The third-order valence-corrected chi connectivity index (χ3v) is 3.76. The van der Waals surface area contributed by atoms with Crippen molar-refractivity contribution in [3.63, 3.8) is 0 Å². The molecule has 3 N–H and O–H groups in total. The summed E-state index contributed by atoms with van der Waals surface area (Å²) in [7, 11) is 0. The first-order valence-electron chi connectivity index (χ1n) is 7.60. The Kier molecular flexibility index (Phi) is 3.51. The van der Waals surface area contributed by atoms with Crippen molar-refractivity contribution in [1.29, 1.82) is 0 Å². The van der Waals surface area contributed by atoms with E-state index in [0.29, 0.717) is 5.95 Å². The van der Waals surface area contributed by atoms with E-state index in [1.54, 1.807) is 6.21 Å². The molecule has 0 aliphatic rings. The molecular weight excluding hydrogens is 298 g/mol. The number of hydrogen-bond acceptors (Lipinski definition) is 2. The molecule has 3 aromatic carbocycles. The zero-order valence-electron chi connectivity index (χ0n) is 12.8. The quantitative estimate of drug-likeness (QED) is 0.436. The number of para-hydroxylation sites is 2. The van der Waals surface area contributed by atoms with Gasteiger partial charge < -0.3 is 10.7 Å². The van der Waals surface area contributed by atoms with E-state index in [-0.39, 0.29) is 5.96 Å². The number of aromatic nitrogens is 2. The lowest BCUT2D eigenvalue weighted by molar-refractivity contribution is 1.24. The zero-order valence-corrected chi connectivity index (χ0v) is 12.8.